The molecule has 1 saturated carbocycles. The third-order valence-electron chi connectivity index (χ3n) is 4.40. The molecule has 1 heteroatoms. The summed E-state index contributed by atoms with van der Waals surface area (Å²) in [6, 6.07) is 8.85. The van der Waals surface area contributed by atoms with Gasteiger partial charge in [-0.2, -0.15) is 0 Å². The van der Waals surface area contributed by atoms with Crippen LogP contribution in [0, 0.1) is 0 Å². The van der Waals surface area contributed by atoms with E-state index in [1.54, 1.807) is 0 Å². The van der Waals surface area contributed by atoms with E-state index in [0.29, 0.717) is 5.54 Å². The molecule has 1 N–H and O–H groups in total. The number of hydrogen-bond acceptors (Lipinski definition) is 1. The number of fused-ring (bicyclic) bond motifs is 1. The largest absolute Gasteiger partial charge is 0.379 e. The molecule has 1 unspecified atom stereocenters. The van der Waals surface area contributed by atoms with Crippen molar-refractivity contribution in [2.24, 2.45) is 0 Å². The molecule has 0 saturated heterocycles. The molecule has 1 atom stereocenters. The Morgan fingerprint density at radius 2 is 1.88 bits per heavy atom. The fourth-order valence-electron chi connectivity index (χ4n) is 3.63. The van der Waals surface area contributed by atoms with Crippen LogP contribution in [0.2, 0.25) is 0 Å². The third kappa shape index (κ3) is 1.63. The maximum absolute atomic E-state index is 3.84. The van der Waals surface area contributed by atoms with Gasteiger partial charge in [0.2, 0.25) is 0 Å². The van der Waals surface area contributed by atoms with Crippen LogP contribution in [0.25, 0.3) is 0 Å². The molecule has 0 aromatic heterocycles. The van der Waals surface area contributed by atoms with E-state index < -0.39 is 0 Å². The van der Waals surface area contributed by atoms with Crippen molar-refractivity contribution in [1.29, 1.82) is 0 Å². The van der Waals surface area contributed by atoms with Gasteiger partial charge in [-0.3, -0.25) is 0 Å². The van der Waals surface area contributed by atoms with E-state index in [9.17, 15) is 0 Å². The monoisotopic (exact) mass is 215 g/mol. The Balaban J connectivity index is 1.93. The molecular weight excluding hydrogens is 194 g/mol. The van der Waals surface area contributed by atoms with E-state index in [4.69, 9.17) is 0 Å². The molecule has 0 amide bonds. The lowest BCUT2D eigenvalue weighted by molar-refractivity contribution is 0.282. The Morgan fingerprint density at radius 1 is 1.12 bits per heavy atom. The highest BCUT2D eigenvalue weighted by Gasteiger charge is 2.37. The van der Waals surface area contributed by atoms with Gasteiger partial charge >= 0.3 is 0 Å². The first kappa shape index (κ1) is 10.2. The average Bonchev–Trinajstić information content (AvgIpc) is 2.30. The SMILES string of the molecule is CC1CC2(CCCCC2)Nc2ccccc21. The number of rotatable bonds is 0. The minimum absolute atomic E-state index is 0.423. The normalized spacial score (nSPS) is 27.2. The molecule has 2 aliphatic rings. The van der Waals surface area contributed by atoms with Crippen molar-refractivity contribution >= 4 is 5.69 Å². The second-order valence-corrected chi connectivity index (χ2v) is 5.66. The van der Waals surface area contributed by atoms with Crippen LogP contribution >= 0.6 is 0 Å². The molecule has 86 valence electrons. The van der Waals surface area contributed by atoms with Gasteiger partial charge in [0.05, 0.1) is 0 Å². The molecule has 1 fully saturated rings. The lowest BCUT2D eigenvalue weighted by atomic mass is 9.72. The zero-order valence-corrected chi connectivity index (χ0v) is 10.1. The Bertz CT molecular complexity index is 377. The molecule has 0 radical (unpaired) electrons. The highest BCUT2D eigenvalue weighted by molar-refractivity contribution is 5.57. The van der Waals surface area contributed by atoms with Crippen molar-refractivity contribution in [2.45, 2.75) is 56.9 Å². The topological polar surface area (TPSA) is 12.0 Å². The summed E-state index contributed by atoms with van der Waals surface area (Å²) in [5.74, 6) is 0.718. The van der Waals surface area contributed by atoms with Crippen LogP contribution < -0.4 is 5.32 Å². The van der Waals surface area contributed by atoms with Gasteiger partial charge in [-0.25, -0.2) is 0 Å². The van der Waals surface area contributed by atoms with E-state index in [2.05, 4.69) is 36.5 Å². The molecule has 0 bridgehead atoms. The Hall–Kier alpha value is -0.980. The second-order valence-electron chi connectivity index (χ2n) is 5.66. The standard InChI is InChI=1S/C15H21N/c1-12-11-15(9-5-2-6-10-15)16-14-8-4-3-7-13(12)14/h3-4,7-8,12,16H,2,5-6,9-11H2,1H3. The molecule has 1 aliphatic carbocycles. The number of anilines is 1. The Kier molecular flexibility index (Phi) is 2.42. The van der Waals surface area contributed by atoms with Crippen molar-refractivity contribution in [1.82, 2.24) is 0 Å². The smallest absolute Gasteiger partial charge is 0.0379 e. The lowest BCUT2D eigenvalue weighted by Crippen LogP contribution is -2.44. The number of para-hydroxylation sites is 1. The van der Waals surface area contributed by atoms with Crippen molar-refractivity contribution in [3.05, 3.63) is 29.8 Å². The molecule has 16 heavy (non-hydrogen) atoms. The molecule has 1 aromatic carbocycles. The Morgan fingerprint density at radius 3 is 2.69 bits per heavy atom. The highest BCUT2D eigenvalue weighted by atomic mass is 15.0. The van der Waals surface area contributed by atoms with Crippen LogP contribution in [-0.4, -0.2) is 5.54 Å². The summed E-state index contributed by atoms with van der Waals surface area (Å²) in [6.07, 6.45) is 8.30. The average molecular weight is 215 g/mol. The van der Waals surface area contributed by atoms with Crippen LogP contribution in [0.3, 0.4) is 0 Å². The summed E-state index contributed by atoms with van der Waals surface area (Å²) in [4.78, 5) is 0. The van der Waals surface area contributed by atoms with Gasteiger partial charge in [-0.05, 0) is 36.8 Å². The summed E-state index contributed by atoms with van der Waals surface area (Å²) >= 11 is 0. The highest BCUT2D eigenvalue weighted by Crippen LogP contribution is 2.44. The van der Waals surface area contributed by atoms with E-state index in [1.165, 1.54) is 49.8 Å². The van der Waals surface area contributed by atoms with E-state index in [1.807, 2.05) is 0 Å². The summed E-state index contributed by atoms with van der Waals surface area (Å²) < 4.78 is 0. The van der Waals surface area contributed by atoms with Gasteiger partial charge in [0, 0.05) is 11.2 Å². The maximum Gasteiger partial charge on any atom is 0.0379 e. The predicted molar refractivity (Wildman–Crippen MR) is 68.9 cm³/mol. The first-order valence-corrected chi connectivity index (χ1v) is 6.66. The molecular formula is C15H21N. The van der Waals surface area contributed by atoms with E-state index >= 15 is 0 Å². The van der Waals surface area contributed by atoms with Crippen molar-refractivity contribution in [2.75, 3.05) is 5.32 Å². The van der Waals surface area contributed by atoms with Gasteiger partial charge in [0.15, 0.2) is 0 Å². The van der Waals surface area contributed by atoms with Gasteiger partial charge in [0.25, 0.3) is 0 Å². The molecule has 1 nitrogen and oxygen atoms in total. The van der Waals surface area contributed by atoms with E-state index in [0.717, 1.165) is 5.92 Å². The Labute approximate surface area is 98.3 Å². The molecule has 1 aromatic rings. The number of hydrogen-bond donors (Lipinski definition) is 1. The maximum atomic E-state index is 3.84. The third-order valence-corrected chi connectivity index (χ3v) is 4.40. The van der Waals surface area contributed by atoms with Crippen molar-refractivity contribution in [3.8, 4) is 0 Å². The van der Waals surface area contributed by atoms with Crippen LogP contribution in [0.4, 0.5) is 5.69 Å². The van der Waals surface area contributed by atoms with Crippen LogP contribution in [0.1, 0.15) is 56.9 Å². The van der Waals surface area contributed by atoms with Gasteiger partial charge in [0.1, 0.15) is 0 Å². The zero-order chi connectivity index (χ0) is 11.0. The predicted octanol–water partition coefficient (Wildman–Crippen LogP) is 4.31. The van der Waals surface area contributed by atoms with Crippen LogP contribution in [0.5, 0.6) is 0 Å². The molecule has 1 spiro atoms. The van der Waals surface area contributed by atoms with E-state index in [-0.39, 0.29) is 0 Å². The van der Waals surface area contributed by atoms with Crippen LogP contribution in [0.15, 0.2) is 24.3 Å². The fraction of sp³-hybridized carbons (Fsp3) is 0.600. The van der Waals surface area contributed by atoms with Crippen molar-refractivity contribution < 1.29 is 0 Å². The summed E-state index contributed by atoms with van der Waals surface area (Å²) in [5, 5.41) is 3.84. The minimum Gasteiger partial charge on any atom is -0.379 e. The van der Waals surface area contributed by atoms with Gasteiger partial charge in [-0.1, -0.05) is 44.4 Å². The molecule has 1 aliphatic heterocycles. The molecule has 3 rings (SSSR count). The fourth-order valence-corrected chi connectivity index (χ4v) is 3.63. The number of nitrogens with one attached hydrogen (secondary N) is 1. The quantitative estimate of drug-likeness (QED) is 0.680. The second kappa shape index (κ2) is 3.80. The van der Waals surface area contributed by atoms with Crippen LogP contribution in [-0.2, 0) is 0 Å². The summed E-state index contributed by atoms with van der Waals surface area (Å²) in [5.41, 5.74) is 3.33. The lowest BCUT2D eigenvalue weighted by Gasteiger charge is -2.45. The zero-order valence-electron chi connectivity index (χ0n) is 10.1. The minimum atomic E-state index is 0.423. The first-order valence-electron chi connectivity index (χ1n) is 6.66. The van der Waals surface area contributed by atoms with Gasteiger partial charge in [-0.15, -0.1) is 0 Å². The molecule has 1 heterocycles. The first-order chi connectivity index (χ1) is 7.79. The van der Waals surface area contributed by atoms with Gasteiger partial charge < -0.3 is 5.32 Å². The summed E-state index contributed by atoms with van der Waals surface area (Å²) in [6.45, 7) is 2.38. The van der Waals surface area contributed by atoms with Crippen molar-refractivity contribution in [3.63, 3.8) is 0 Å². The number of benzene rings is 1. The summed E-state index contributed by atoms with van der Waals surface area (Å²) in [7, 11) is 0.